The molecule has 0 radical (unpaired) electrons. The fourth-order valence-electron chi connectivity index (χ4n) is 2.84. The van der Waals surface area contributed by atoms with Crippen molar-refractivity contribution in [2.45, 2.75) is 16.2 Å². The van der Waals surface area contributed by atoms with Crippen LogP contribution in [0.5, 0.6) is 0 Å². The maximum atomic E-state index is 13.2. The zero-order valence-electron chi connectivity index (χ0n) is 16.8. The van der Waals surface area contributed by atoms with E-state index in [1.54, 1.807) is 54.2 Å². The fraction of sp³-hybridized carbons (Fsp3) is 0.174. The zero-order chi connectivity index (χ0) is 22.1. The van der Waals surface area contributed by atoms with Crippen molar-refractivity contribution in [1.29, 1.82) is 0 Å². The molecule has 0 aliphatic heterocycles. The third kappa shape index (κ3) is 6.75. The van der Waals surface area contributed by atoms with E-state index in [0.717, 1.165) is 16.5 Å². The molecule has 0 fully saturated rings. The van der Waals surface area contributed by atoms with Crippen LogP contribution in [0, 0.1) is 0 Å². The Bertz CT molecular complexity index is 1080. The first-order chi connectivity index (χ1) is 15.0. The van der Waals surface area contributed by atoms with Gasteiger partial charge in [0, 0.05) is 16.5 Å². The second kappa shape index (κ2) is 11.2. The number of nitrogens with one attached hydrogen (secondary N) is 1. The number of halogens is 1. The molecular weight excluding hydrogens is 452 g/mol. The summed E-state index contributed by atoms with van der Waals surface area (Å²) in [6, 6.07) is 24.5. The van der Waals surface area contributed by atoms with E-state index >= 15 is 0 Å². The number of sulfonamides is 1. The lowest BCUT2D eigenvalue weighted by atomic mass is 10.3. The summed E-state index contributed by atoms with van der Waals surface area (Å²) in [5, 5.41) is 3.31. The molecule has 0 heterocycles. The number of anilines is 1. The van der Waals surface area contributed by atoms with Crippen LogP contribution < -0.4 is 9.62 Å². The molecule has 3 aromatic carbocycles. The van der Waals surface area contributed by atoms with Crippen LogP contribution in [0.1, 0.15) is 6.42 Å². The molecule has 5 nitrogen and oxygen atoms in total. The highest BCUT2D eigenvalue weighted by Crippen LogP contribution is 2.25. The monoisotopic (exact) mass is 474 g/mol. The van der Waals surface area contributed by atoms with Crippen molar-refractivity contribution >= 4 is 45.0 Å². The van der Waals surface area contributed by atoms with Gasteiger partial charge in [-0.2, -0.15) is 0 Å². The van der Waals surface area contributed by atoms with Crippen molar-refractivity contribution in [2.24, 2.45) is 0 Å². The van der Waals surface area contributed by atoms with Gasteiger partial charge in [-0.05, 0) is 60.7 Å². The summed E-state index contributed by atoms with van der Waals surface area (Å²) in [5.41, 5.74) is 0.378. The van der Waals surface area contributed by atoms with E-state index < -0.39 is 10.0 Å². The van der Waals surface area contributed by atoms with Gasteiger partial charge in [-0.25, -0.2) is 8.42 Å². The van der Waals surface area contributed by atoms with Crippen LogP contribution in [0.2, 0.25) is 5.02 Å². The second-order valence-electron chi connectivity index (χ2n) is 6.67. The summed E-state index contributed by atoms with van der Waals surface area (Å²) in [5.74, 6) is 0.493. The average molecular weight is 475 g/mol. The van der Waals surface area contributed by atoms with E-state index in [1.165, 1.54) is 17.0 Å². The topological polar surface area (TPSA) is 66.5 Å². The molecule has 0 spiro atoms. The van der Waals surface area contributed by atoms with Gasteiger partial charge >= 0.3 is 0 Å². The Balaban J connectivity index is 1.63. The molecule has 0 unspecified atom stereocenters. The largest absolute Gasteiger partial charge is 0.354 e. The summed E-state index contributed by atoms with van der Waals surface area (Å²) in [4.78, 5) is 13.9. The number of carbonyl (C=O) groups excluding carboxylic acids is 1. The summed E-state index contributed by atoms with van der Waals surface area (Å²) in [7, 11) is -3.91. The normalized spacial score (nSPS) is 11.1. The molecule has 31 heavy (non-hydrogen) atoms. The summed E-state index contributed by atoms with van der Waals surface area (Å²) < 4.78 is 27.5. The van der Waals surface area contributed by atoms with Crippen LogP contribution in [0.4, 0.5) is 5.69 Å². The maximum Gasteiger partial charge on any atom is 0.264 e. The Hall–Kier alpha value is -2.48. The second-order valence-corrected chi connectivity index (χ2v) is 10.1. The zero-order valence-corrected chi connectivity index (χ0v) is 19.2. The molecule has 0 atom stereocenters. The average Bonchev–Trinajstić information content (AvgIpc) is 2.79. The Labute approximate surface area is 192 Å². The lowest BCUT2D eigenvalue weighted by Gasteiger charge is -2.24. The lowest BCUT2D eigenvalue weighted by molar-refractivity contribution is -0.119. The molecule has 0 saturated heterocycles. The minimum Gasteiger partial charge on any atom is -0.354 e. The predicted octanol–water partition coefficient (Wildman–Crippen LogP) is 4.83. The van der Waals surface area contributed by atoms with E-state index in [2.05, 4.69) is 5.32 Å². The molecule has 0 aliphatic carbocycles. The van der Waals surface area contributed by atoms with Gasteiger partial charge in [0.1, 0.15) is 6.54 Å². The first-order valence-corrected chi connectivity index (χ1v) is 12.5. The van der Waals surface area contributed by atoms with E-state index in [4.69, 9.17) is 11.6 Å². The highest BCUT2D eigenvalue weighted by Gasteiger charge is 2.26. The van der Waals surface area contributed by atoms with Crippen molar-refractivity contribution in [2.75, 3.05) is 23.1 Å². The van der Waals surface area contributed by atoms with Crippen molar-refractivity contribution in [3.8, 4) is 0 Å². The van der Waals surface area contributed by atoms with E-state index in [9.17, 15) is 13.2 Å². The van der Waals surface area contributed by atoms with E-state index in [0.29, 0.717) is 17.3 Å². The lowest BCUT2D eigenvalue weighted by Crippen LogP contribution is -2.41. The summed E-state index contributed by atoms with van der Waals surface area (Å²) >= 11 is 7.66. The Kier molecular flexibility index (Phi) is 8.40. The van der Waals surface area contributed by atoms with Crippen LogP contribution in [-0.2, 0) is 14.8 Å². The van der Waals surface area contributed by atoms with Crippen molar-refractivity contribution in [3.63, 3.8) is 0 Å². The standard InChI is InChI=1S/C23H23ClN2O3S2/c24-19-12-14-20(15-13-19)26(31(28,29)22-10-5-2-6-11-22)18-23(27)25-16-7-17-30-21-8-3-1-4-9-21/h1-6,8-15H,7,16-18H2,(H,25,27). The molecular formula is C23H23ClN2O3S2. The van der Waals surface area contributed by atoms with Crippen molar-refractivity contribution in [3.05, 3.63) is 90.0 Å². The number of carbonyl (C=O) groups is 1. The van der Waals surface area contributed by atoms with Crippen LogP contribution in [0.3, 0.4) is 0 Å². The minimum absolute atomic E-state index is 0.122. The van der Waals surface area contributed by atoms with Gasteiger partial charge in [-0.3, -0.25) is 9.10 Å². The van der Waals surface area contributed by atoms with Crippen LogP contribution in [-0.4, -0.2) is 33.2 Å². The predicted molar refractivity (Wildman–Crippen MR) is 127 cm³/mol. The summed E-state index contributed by atoms with van der Waals surface area (Å²) in [6.07, 6.45) is 0.775. The van der Waals surface area contributed by atoms with Gasteiger partial charge in [0.15, 0.2) is 0 Å². The molecule has 0 saturated carbocycles. The number of benzene rings is 3. The van der Waals surface area contributed by atoms with Crippen molar-refractivity contribution in [1.82, 2.24) is 5.32 Å². The third-order valence-electron chi connectivity index (χ3n) is 4.39. The Morgan fingerprint density at radius 2 is 1.52 bits per heavy atom. The number of hydrogen-bond acceptors (Lipinski definition) is 4. The molecule has 0 aromatic heterocycles. The Morgan fingerprint density at radius 3 is 2.16 bits per heavy atom. The number of rotatable bonds is 10. The molecule has 0 aliphatic rings. The highest BCUT2D eigenvalue weighted by molar-refractivity contribution is 7.99. The highest BCUT2D eigenvalue weighted by atomic mass is 35.5. The van der Waals surface area contributed by atoms with Gasteiger partial charge in [0.2, 0.25) is 5.91 Å². The van der Waals surface area contributed by atoms with Crippen LogP contribution in [0.15, 0.2) is 94.7 Å². The first kappa shape index (κ1) is 23.2. The van der Waals surface area contributed by atoms with Gasteiger partial charge in [0.05, 0.1) is 10.6 Å². The third-order valence-corrected chi connectivity index (χ3v) is 7.53. The number of nitrogens with zero attached hydrogens (tertiary/aromatic N) is 1. The van der Waals surface area contributed by atoms with E-state index in [-0.39, 0.29) is 17.3 Å². The van der Waals surface area contributed by atoms with Gasteiger partial charge < -0.3 is 5.32 Å². The molecule has 1 amide bonds. The first-order valence-electron chi connectivity index (χ1n) is 9.75. The molecule has 3 aromatic rings. The van der Waals surface area contributed by atoms with Crippen LogP contribution >= 0.6 is 23.4 Å². The molecule has 1 N–H and O–H groups in total. The van der Waals surface area contributed by atoms with Crippen molar-refractivity contribution < 1.29 is 13.2 Å². The van der Waals surface area contributed by atoms with Gasteiger partial charge in [0.25, 0.3) is 10.0 Å². The number of hydrogen-bond donors (Lipinski definition) is 1. The molecule has 162 valence electrons. The maximum absolute atomic E-state index is 13.2. The number of thioether (sulfide) groups is 1. The molecule has 3 rings (SSSR count). The van der Waals surface area contributed by atoms with Gasteiger partial charge in [-0.15, -0.1) is 11.8 Å². The molecule has 8 heteroatoms. The quantitative estimate of drug-likeness (QED) is 0.337. The molecule has 0 bridgehead atoms. The fourth-order valence-corrected chi connectivity index (χ4v) is 5.28. The SMILES string of the molecule is O=C(CN(c1ccc(Cl)cc1)S(=O)(=O)c1ccccc1)NCCCSc1ccccc1. The minimum atomic E-state index is -3.91. The smallest absolute Gasteiger partial charge is 0.264 e. The Morgan fingerprint density at radius 1 is 0.903 bits per heavy atom. The van der Waals surface area contributed by atoms with Crippen LogP contribution in [0.25, 0.3) is 0 Å². The van der Waals surface area contributed by atoms with E-state index in [1.807, 2.05) is 30.3 Å². The summed E-state index contributed by atoms with van der Waals surface area (Å²) in [6.45, 7) is 0.156. The number of amides is 1. The van der Waals surface area contributed by atoms with Gasteiger partial charge in [-0.1, -0.05) is 48.0 Å².